The summed E-state index contributed by atoms with van der Waals surface area (Å²) in [6.45, 7) is 5.55. The van der Waals surface area contributed by atoms with E-state index in [1.54, 1.807) is 57.4 Å². The summed E-state index contributed by atoms with van der Waals surface area (Å²) in [5.41, 5.74) is 3.56. The number of anilines is 2. The molecule has 0 radical (unpaired) electrons. The molecule has 1 atom stereocenters. The maximum absolute atomic E-state index is 13.2. The van der Waals surface area contributed by atoms with Crippen molar-refractivity contribution in [2.45, 2.75) is 44.6 Å². The Hall–Kier alpha value is -4.18. The van der Waals surface area contributed by atoms with E-state index in [1.165, 1.54) is 0 Å². The molecule has 0 bridgehead atoms. The van der Waals surface area contributed by atoms with Gasteiger partial charge in [-0.2, -0.15) is 0 Å². The van der Waals surface area contributed by atoms with Crippen LogP contribution in [0.2, 0.25) is 0 Å². The smallest absolute Gasteiger partial charge is 0.263 e. The number of amides is 1. The number of pyridine rings is 1. The summed E-state index contributed by atoms with van der Waals surface area (Å²) in [5, 5.41) is 9.86. The number of carbonyl (C=O) groups excluding carboxylic acids is 1. The third-order valence-electron chi connectivity index (χ3n) is 6.42. The van der Waals surface area contributed by atoms with Crippen LogP contribution in [-0.4, -0.2) is 37.6 Å². The molecule has 0 aliphatic heterocycles. The largest absolute Gasteiger partial charge is 0.366 e. The molecular weight excluding hydrogens is 502 g/mol. The van der Waals surface area contributed by atoms with Crippen molar-refractivity contribution in [3.05, 3.63) is 89.3 Å². The van der Waals surface area contributed by atoms with Crippen LogP contribution in [0.5, 0.6) is 0 Å². The van der Waals surface area contributed by atoms with Gasteiger partial charge in [-0.25, -0.2) is 13.4 Å². The first-order valence-electron chi connectivity index (χ1n) is 12.3. The van der Waals surface area contributed by atoms with Crippen LogP contribution >= 0.6 is 0 Å². The lowest BCUT2D eigenvalue weighted by Crippen LogP contribution is -2.26. The van der Waals surface area contributed by atoms with Crippen LogP contribution in [0, 0.1) is 13.8 Å². The molecule has 38 heavy (non-hydrogen) atoms. The maximum atomic E-state index is 13.2. The van der Waals surface area contributed by atoms with Gasteiger partial charge in [0.15, 0.2) is 5.82 Å². The van der Waals surface area contributed by atoms with Crippen molar-refractivity contribution >= 4 is 27.6 Å². The first kappa shape index (κ1) is 26.9. The van der Waals surface area contributed by atoms with E-state index >= 15 is 0 Å². The molecule has 9 nitrogen and oxygen atoms in total. The van der Waals surface area contributed by atoms with Crippen molar-refractivity contribution in [3.63, 3.8) is 0 Å². The van der Waals surface area contributed by atoms with Gasteiger partial charge >= 0.3 is 0 Å². The average Bonchev–Trinajstić information content (AvgIpc) is 3.24. The van der Waals surface area contributed by atoms with Gasteiger partial charge in [-0.15, -0.1) is 0 Å². The molecule has 0 saturated heterocycles. The molecule has 1 amide bonds. The standard InChI is InChI=1S/C28H31N5O4S/c1-5-22(31-27-24(28(34)29-4)10-8-16-30-27)17-20-12-14-21(15-13-20)23-9-6-7-11-25(23)38(35,36)33-26-18(2)19(3)37-32-26/h6-16,22H,5,17H2,1-4H3,(H,29,34)(H,30,31)(H,32,33). The lowest BCUT2D eigenvalue weighted by molar-refractivity contribution is 0.0963. The Morgan fingerprint density at radius 1 is 1.00 bits per heavy atom. The number of nitrogens with one attached hydrogen (secondary N) is 3. The van der Waals surface area contributed by atoms with E-state index in [2.05, 4.69) is 32.4 Å². The van der Waals surface area contributed by atoms with Crippen molar-refractivity contribution in [3.8, 4) is 11.1 Å². The topological polar surface area (TPSA) is 126 Å². The van der Waals surface area contributed by atoms with Gasteiger partial charge in [-0.1, -0.05) is 54.5 Å². The van der Waals surface area contributed by atoms with E-state index in [0.717, 1.165) is 17.5 Å². The van der Waals surface area contributed by atoms with Crippen molar-refractivity contribution in [1.82, 2.24) is 15.5 Å². The molecule has 4 aromatic rings. The first-order valence-corrected chi connectivity index (χ1v) is 13.8. The fourth-order valence-electron chi connectivity index (χ4n) is 4.07. The normalized spacial score (nSPS) is 12.1. The zero-order chi connectivity index (χ0) is 27.3. The number of aromatic nitrogens is 2. The van der Waals surface area contributed by atoms with Gasteiger partial charge in [0, 0.05) is 30.4 Å². The minimum Gasteiger partial charge on any atom is -0.366 e. The Labute approximate surface area is 222 Å². The lowest BCUT2D eigenvalue weighted by Gasteiger charge is -2.19. The van der Waals surface area contributed by atoms with Gasteiger partial charge in [0.25, 0.3) is 15.9 Å². The van der Waals surface area contributed by atoms with Crippen molar-refractivity contribution in [2.24, 2.45) is 0 Å². The average molecular weight is 534 g/mol. The van der Waals surface area contributed by atoms with Gasteiger partial charge in [0.1, 0.15) is 11.6 Å². The molecule has 1 unspecified atom stereocenters. The summed E-state index contributed by atoms with van der Waals surface area (Å²) in [5.74, 6) is 1.08. The van der Waals surface area contributed by atoms with E-state index in [1.807, 2.05) is 30.3 Å². The number of hydrogen-bond donors (Lipinski definition) is 3. The monoisotopic (exact) mass is 533 g/mol. The molecule has 2 aromatic carbocycles. The Bertz CT molecular complexity index is 1530. The maximum Gasteiger partial charge on any atom is 0.263 e. The molecule has 2 heterocycles. The molecule has 198 valence electrons. The number of rotatable bonds is 10. The fraction of sp³-hybridized carbons (Fsp3) is 0.250. The summed E-state index contributed by atoms with van der Waals surface area (Å²) in [7, 11) is -2.31. The van der Waals surface area contributed by atoms with Crippen LogP contribution in [0.25, 0.3) is 11.1 Å². The van der Waals surface area contributed by atoms with Crippen LogP contribution in [0.1, 0.15) is 40.6 Å². The number of nitrogens with zero attached hydrogens (tertiary/aromatic N) is 2. The van der Waals surface area contributed by atoms with Gasteiger partial charge in [0.2, 0.25) is 0 Å². The van der Waals surface area contributed by atoms with E-state index in [4.69, 9.17) is 4.52 Å². The number of hydrogen-bond acceptors (Lipinski definition) is 7. The molecular formula is C28H31N5O4S. The van der Waals surface area contributed by atoms with Crippen molar-refractivity contribution in [1.29, 1.82) is 0 Å². The van der Waals surface area contributed by atoms with Crippen LogP contribution in [-0.2, 0) is 16.4 Å². The highest BCUT2D eigenvalue weighted by atomic mass is 32.2. The Balaban J connectivity index is 1.54. The second-order valence-corrected chi connectivity index (χ2v) is 10.6. The minimum atomic E-state index is -3.90. The van der Waals surface area contributed by atoms with Crippen molar-refractivity contribution < 1.29 is 17.7 Å². The summed E-state index contributed by atoms with van der Waals surface area (Å²) < 4.78 is 34.1. The number of sulfonamides is 1. The summed E-state index contributed by atoms with van der Waals surface area (Å²) in [6.07, 6.45) is 3.17. The number of carbonyl (C=O) groups is 1. The van der Waals surface area contributed by atoms with E-state index in [-0.39, 0.29) is 22.7 Å². The summed E-state index contributed by atoms with van der Waals surface area (Å²) in [4.78, 5) is 16.7. The second kappa shape index (κ2) is 11.5. The third kappa shape index (κ3) is 5.86. The SMILES string of the molecule is CCC(Cc1ccc(-c2ccccc2S(=O)(=O)Nc2noc(C)c2C)cc1)Nc1ncccc1C(=O)NC. The first-order chi connectivity index (χ1) is 18.2. The summed E-state index contributed by atoms with van der Waals surface area (Å²) >= 11 is 0. The molecule has 2 aromatic heterocycles. The van der Waals surface area contributed by atoms with E-state index < -0.39 is 10.0 Å². The van der Waals surface area contributed by atoms with Gasteiger partial charge in [0.05, 0.1) is 10.5 Å². The molecule has 0 aliphatic carbocycles. The third-order valence-corrected chi connectivity index (χ3v) is 7.82. The summed E-state index contributed by atoms with van der Waals surface area (Å²) in [6, 6.07) is 18.2. The van der Waals surface area contributed by atoms with Crippen LogP contribution in [0.4, 0.5) is 11.6 Å². The van der Waals surface area contributed by atoms with Crippen LogP contribution < -0.4 is 15.4 Å². The zero-order valence-electron chi connectivity index (χ0n) is 21.8. The predicted molar refractivity (Wildman–Crippen MR) is 148 cm³/mol. The highest BCUT2D eigenvalue weighted by molar-refractivity contribution is 7.92. The molecule has 10 heteroatoms. The molecule has 0 fully saturated rings. The predicted octanol–water partition coefficient (Wildman–Crippen LogP) is 4.95. The fourth-order valence-corrected chi connectivity index (χ4v) is 5.36. The van der Waals surface area contributed by atoms with E-state index in [0.29, 0.717) is 34.7 Å². The van der Waals surface area contributed by atoms with Gasteiger partial charge < -0.3 is 15.2 Å². The molecule has 0 saturated carbocycles. The number of aryl methyl sites for hydroxylation is 1. The Morgan fingerprint density at radius 3 is 2.39 bits per heavy atom. The molecule has 0 spiro atoms. The van der Waals surface area contributed by atoms with Crippen LogP contribution in [0.15, 0.2) is 76.3 Å². The lowest BCUT2D eigenvalue weighted by atomic mass is 9.99. The van der Waals surface area contributed by atoms with E-state index in [9.17, 15) is 13.2 Å². The Kier molecular flexibility index (Phi) is 8.11. The minimum absolute atomic E-state index is 0.0465. The van der Waals surface area contributed by atoms with Crippen molar-refractivity contribution in [2.75, 3.05) is 17.1 Å². The van der Waals surface area contributed by atoms with Crippen LogP contribution in [0.3, 0.4) is 0 Å². The molecule has 4 rings (SSSR count). The zero-order valence-corrected chi connectivity index (χ0v) is 22.6. The molecule has 0 aliphatic rings. The molecule has 3 N–H and O–H groups in total. The highest BCUT2D eigenvalue weighted by Crippen LogP contribution is 2.30. The quantitative estimate of drug-likeness (QED) is 0.263. The second-order valence-electron chi connectivity index (χ2n) is 8.94. The number of benzene rings is 2. The highest BCUT2D eigenvalue weighted by Gasteiger charge is 2.22. The van der Waals surface area contributed by atoms with Gasteiger partial charge in [-0.05, 0) is 56.0 Å². The Morgan fingerprint density at radius 2 is 1.74 bits per heavy atom. The van der Waals surface area contributed by atoms with Gasteiger partial charge in [-0.3, -0.25) is 9.52 Å².